The first kappa shape index (κ1) is 18.7. The molecular weight excluding hydrogens is 373 g/mol. The molecule has 1 amide bonds. The molecule has 3 N–H and O–H groups in total. The number of hydrogen-bond donors (Lipinski definition) is 3. The van der Waals surface area contributed by atoms with Crippen LogP contribution in [0.2, 0.25) is 0 Å². The summed E-state index contributed by atoms with van der Waals surface area (Å²) in [6.45, 7) is 1.44. The number of aromatic amines is 2. The third-order valence-electron chi connectivity index (χ3n) is 3.64. The quantitative estimate of drug-likeness (QED) is 0.444. The SMILES string of the molecule is C[C@H](OC(=O)CSc1ccccc1F)C(=O)Nc1ccc2[nH]c(=O)[nH]c2c1. The fourth-order valence-corrected chi connectivity index (χ4v) is 3.06. The fourth-order valence-electron chi connectivity index (χ4n) is 2.34. The van der Waals surface area contributed by atoms with Crippen LogP contribution in [0.3, 0.4) is 0 Å². The van der Waals surface area contributed by atoms with Crippen LogP contribution < -0.4 is 11.0 Å². The second-order valence-corrected chi connectivity index (χ2v) is 6.70. The van der Waals surface area contributed by atoms with E-state index in [4.69, 9.17) is 4.74 Å². The molecule has 1 atom stereocenters. The Morgan fingerprint density at radius 1 is 1.19 bits per heavy atom. The van der Waals surface area contributed by atoms with Crippen molar-refractivity contribution in [2.75, 3.05) is 11.1 Å². The minimum absolute atomic E-state index is 0.116. The van der Waals surface area contributed by atoms with Crippen LogP contribution in [0.15, 0.2) is 52.2 Å². The number of hydrogen-bond acceptors (Lipinski definition) is 5. The summed E-state index contributed by atoms with van der Waals surface area (Å²) in [6, 6.07) is 10.9. The molecule has 1 heterocycles. The maximum absolute atomic E-state index is 13.5. The first-order valence-corrected chi connectivity index (χ1v) is 9.00. The number of imidazole rings is 1. The highest BCUT2D eigenvalue weighted by Crippen LogP contribution is 2.21. The fraction of sp³-hybridized carbons (Fsp3) is 0.167. The van der Waals surface area contributed by atoms with Crippen LogP contribution in [0.25, 0.3) is 11.0 Å². The average Bonchev–Trinajstić information content (AvgIpc) is 3.00. The number of esters is 1. The lowest BCUT2D eigenvalue weighted by Gasteiger charge is -2.13. The Morgan fingerprint density at radius 2 is 1.93 bits per heavy atom. The standard InChI is InChI=1S/C18H16FN3O4S/c1-10(26-16(23)9-27-15-5-3-2-4-12(15)19)17(24)20-11-6-7-13-14(8-11)22-18(25)21-13/h2-8,10H,9H2,1H3,(H,20,24)(H2,21,22,25)/t10-/m0/s1. The molecule has 0 fully saturated rings. The molecule has 0 aliphatic carbocycles. The predicted molar refractivity (Wildman–Crippen MR) is 100 cm³/mol. The monoisotopic (exact) mass is 389 g/mol. The lowest BCUT2D eigenvalue weighted by Crippen LogP contribution is -2.30. The normalized spacial score (nSPS) is 11.9. The number of halogens is 1. The summed E-state index contributed by atoms with van der Waals surface area (Å²) in [4.78, 5) is 40.8. The molecular formula is C18H16FN3O4S. The minimum Gasteiger partial charge on any atom is -0.452 e. The molecule has 0 saturated carbocycles. The highest BCUT2D eigenvalue weighted by Gasteiger charge is 2.18. The van der Waals surface area contributed by atoms with Gasteiger partial charge in [-0.2, -0.15) is 0 Å². The summed E-state index contributed by atoms with van der Waals surface area (Å²) in [7, 11) is 0. The number of ether oxygens (including phenoxy) is 1. The summed E-state index contributed by atoms with van der Waals surface area (Å²) in [5, 5.41) is 2.61. The van der Waals surface area contributed by atoms with E-state index in [-0.39, 0.29) is 11.4 Å². The van der Waals surface area contributed by atoms with E-state index in [0.717, 1.165) is 11.8 Å². The minimum atomic E-state index is -1.03. The molecule has 0 bridgehead atoms. The van der Waals surface area contributed by atoms with Crippen molar-refractivity contribution in [1.82, 2.24) is 9.97 Å². The third kappa shape index (κ3) is 4.76. The summed E-state index contributed by atoms with van der Waals surface area (Å²) in [5.74, 6) is -1.68. The van der Waals surface area contributed by atoms with Gasteiger partial charge in [-0.25, -0.2) is 9.18 Å². The number of carbonyl (C=O) groups is 2. The first-order chi connectivity index (χ1) is 12.9. The van der Waals surface area contributed by atoms with Gasteiger partial charge >= 0.3 is 11.7 Å². The molecule has 27 heavy (non-hydrogen) atoms. The van der Waals surface area contributed by atoms with Crippen LogP contribution in [0, 0.1) is 5.82 Å². The number of benzene rings is 2. The Bertz CT molecular complexity index is 1050. The van der Waals surface area contributed by atoms with E-state index in [1.54, 1.807) is 36.4 Å². The zero-order valence-corrected chi connectivity index (χ0v) is 15.1. The van der Waals surface area contributed by atoms with E-state index in [1.165, 1.54) is 13.0 Å². The topological polar surface area (TPSA) is 104 Å². The van der Waals surface area contributed by atoms with Crippen molar-refractivity contribution in [3.05, 3.63) is 58.8 Å². The van der Waals surface area contributed by atoms with E-state index in [2.05, 4.69) is 15.3 Å². The van der Waals surface area contributed by atoms with Gasteiger partial charge in [0.2, 0.25) is 0 Å². The molecule has 0 saturated heterocycles. The molecule has 3 rings (SSSR count). The third-order valence-corrected chi connectivity index (χ3v) is 4.67. The molecule has 7 nitrogen and oxygen atoms in total. The van der Waals surface area contributed by atoms with Gasteiger partial charge in [-0.15, -0.1) is 11.8 Å². The predicted octanol–water partition coefficient (Wildman–Crippen LogP) is 2.66. The molecule has 0 unspecified atom stereocenters. The summed E-state index contributed by atoms with van der Waals surface area (Å²) in [6.07, 6.45) is -1.03. The van der Waals surface area contributed by atoms with E-state index < -0.39 is 23.8 Å². The van der Waals surface area contributed by atoms with Crippen LogP contribution in [0.4, 0.5) is 10.1 Å². The number of carbonyl (C=O) groups excluding carboxylic acids is 2. The van der Waals surface area contributed by atoms with Crippen molar-refractivity contribution in [2.24, 2.45) is 0 Å². The van der Waals surface area contributed by atoms with Crippen LogP contribution in [-0.4, -0.2) is 33.7 Å². The summed E-state index contributed by atoms with van der Waals surface area (Å²) < 4.78 is 18.6. The number of H-pyrrole nitrogens is 2. The Morgan fingerprint density at radius 3 is 2.70 bits per heavy atom. The van der Waals surface area contributed by atoms with Gasteiger partial charge < -0.3 is 20.0 Å². The van der Waals surface area contributed by atoms with E-state index in [1.807, 2.05) is 0 Å². The van der Waals surface area contributed by atoms with E-state index in [0.29, 0.717) is 21.6 Å². The second-order valence-electron chi connectivity index (χ2n) is 5.68. The molecule has 0 aliphatic heterocycles. The number of nitrogens with one attached hydrogen (secondary N) is 3. The molecule has 140 valence electrons. The first-order valence-electron chi connectivity index (χ1n) is 8.02. The van der Waals surface area contributed by atoms with Crippen LogP contribution in [-0.2, 0) is 14.3 Å². The number of fused-ring (bicyclic) bond motifs is 1. The van der Waals surface area contributed by atoms with E-state index >= 15 is 0 Å². The average molecular weight is 389 g/mol. The number of anilines is 1. The zero-order valence-electron chi connectivity index (χ0n) is 14.2. The molecule has 0 aliphatic rings. The molecule has 3 aromatic rings. The van der Waals surface area contributed by atoms with Gasteiger partial charge in [-0.05, 0) is 37.3 Å². The Kier molecular flexibility index (Phi) is 5.60. The molecule has 9 heteroatoms. The van der Waals surface area contributed by atoms with Gasteiger partial charge in [0.25, 0.3) is 5.91 Å². The van der Waals surface area contributed by atoms with Crippen molar-refractivity contribution in [3.8, 4) is 0 Å². The van der Waals surface area contributed by atoms with E-state index in [9.17, 15) is 18.8 Å². The largest absolute Gasteiger partial charge is 0.452 e. The second kappa shape index (κ2) is 8.09. The maximum Gasteiger partial charge on any atom is 0.323 e. The summed E-state index contributed by atoms with van der Waals surface area (Å²) in [5.41, 5.74) is 1.26. The Hall–Kier alpha value is -3.07. The lowest BCUT2D eigenvalue weighted by molar-refractivity contribution is -0.150. The Balaban J connectivity index is 1.54. The highest BCUT2D eigenvalue weighted by molar-refractivity contribution is 8.00. The molecule has 0 radical (unpaired) electrons. The van der Waals surface area contributed by atoms with Crippen LogP contribution in [0.5, 0.6) is 0 Å². The highest BCUT2D eigenvalue weighted by atomic mass is 32.2. The van der Waals surface area contributed by atoms with Crippen LogP contribution >= 0.6 is 11.8 Å². The number of thioether (sulfide) groups is 1. The molecule has 1 aromatic heterocycles. The number of aromatic nitrogens is 2. The zero-order chi connectivity index (χ0) is 19.4. The van der Waals surface area contributed by atoms with Crippen LogP contribution in [0.1, 0.15) is 6.92 Å². The molecule has 0 spiro atoms. The lowest BCUT2D eigenvalue weighted by atomic mass is 10.2. The Labute approximate surface area is 157 Å². The summed E-state index contributed by atoms with van der Waals surface area (Å²) >= 11 is 0.998. The van der Waals surface area contributed by atoms with Crippen molar-refractivity contribution in [3.63, 3.8) is 0 Å². The van der Waals surface area contributed by atoms with Crippen molar-refractivity contribution in [2.45, 2.75) is 17.9 Å². The molecule has 2 aromatic carbocycles. The van der Waals surface area contributed by atoms with Crippen molar-refractivity contribution >= 4 is 40.4 Å². The van der Waals surface area contributed by atoms with Crippen molar-refractivity contribution < 1.29 is 18.7 Å². The smallest absolute Gasteiger partial charge is 0.323 e. The van der Waals surface area contributed by atoms with Gasteiger partial charge in [-0.3, -0.25) is 9.59 Å². The van der Waals surface area contributed by atoms with Gasteiger partial charge in [0.1, 0.15) is 5.82 Å². The number of amides is 1. The van der Waals surface area contributed by atoms with Gasteiger partial charge in [0, 0.05) is 10.6 Å². The van der Waals surface area contributed by atoms with Gasteiger partial charge in [0.05, 0.1) is 16.8 Å². The van der Waals surface area contributed by atoms with Crippen molar-refractivity contribution in [1.29, 1.82) is 0 Å². The van der Waals surface area contributed by atoms with Gasteiger partial charge in [0.15, 0.2) is 6.10 Å². The number of rotatable bonds is 6. The maximum atomic E-state index is 13.5. The van der Waals surface area contributed by atoms with Gasteiger partial charge in [-0.1, -0.05) is 12.1 Å².